The first-order valence-electron chi connectivity index (χ1n) is 9.93. The van der Waals surface area contributed by atoms with Crippen LogP contribution in [0.3, 0.4) is 0 Å². The quantitative estimate of drug-likeness (QED) is 0.372. The summed E-state index contributed by atoms with van der Waals surface area (Å²) in [6.45, 7) is 6.95. The lowest BCUT2D eigenvalue weighted by atomic mass is 10.1. The van der Waals surface area contributed by atoms with Gasteiger partial charge in [0.1, 0.15) is 0 Å². The van der Waals surface area contributed by atoms with Gasteiger partial charge >= 0.3 is 11.9 Å². The van der Waals surface area contributed by atoms with Gasteiger partial charge in [-0.15, -0.1) is 0 Å². The minimum absolute atomic E-state index is 0.0701. The number of aryl methyl sites for hydroxylation is 2. The molecule has 0 spiro atoms. The first kappa shape index (κ1) is 24.3. The molecule has 8 nitrogen and oxygen atoms in total. The van der Waals surface area contributed by atoms with E-state index in [9.17, 15) is 19.2 Å². The summed E-state index contributed by atoms with van der Waals surface area (Å²) in [6, 6.07) is 10.5. The van der Waals surface area contributed by atoms with E-state index < -0.39 is 17.8 Å². The van der Waals surface area contributed by atoms with Crippen LogP contribution in [-0.2, 0) is 32.3 Å². The van der Waals surface area contributed by atoms with Gasteiger partial charge in [0.2, 0.25) is 11.8 Å². The molecular formula is C24H26N2O6. The Bertz CT molecular complexity index is 1060. The van der Waals surface area contributed by atoms with Crippen molar-refractivity contribution in [3.05, 3.63) is 70.8 Å². The summed E-state index contributed by atoms with van der Waals surface area (Å²) in [5.74, 6) is -1.82. The molecule has 32 heavy (non-hydrogen) atoms. The van der Waals surface area contributed by atoms with E-state index in [1.165, 1.54) is 31.5 Å². The van der Waals surface area contributed by atoms with Gasteiger partial charge in [0, 0.05) is 39.1 Å². The highest BCUT2D eigenvalue weighted by atomic mass is 16.6. The minimum Gasteiger partial charge on any atom is -0.423 e. The van der Waals surface area contributed by atoms with Crippen LogP contribution in [0.4, 0.5) is 0 Å². The van der Waals surface area contributed by atoms with Crippen LogP contribution in [0.2, 0.25) is 0 Å². The predicted octanol–water partition coefficient (Wildman–Crippen LogP) is 2.64. The molecule has 0 radical (unpaired) electrons. The van der Waals surface area contributed by atoms with Crippen LogP contribution in [0.5, 0.6) is 11.5 Å². The summed E-state index contributed by atoms with van der Waals surface area (Å²) >= 11 is 0. The standard InChI is InChI=1S/C24H26N2O6/c1-15-5-6-19(11-16(15)2)13-25-23(29)9-10-24(30)26-14-20-7-8-21(31-17(3)27)22(12-20)32-18(4)28/h5-12H,13-14H2,1-4H3,(H,25,29)(H,26,30)/b10-9-. The van der Waals surface area contributed by atoms with Gasteiger partial charge in [0.25, 0.3) is 0 Å². The van der Waals surface area contributed by atoms with Gasteiger partial charge in [-0.25, -0.2) is 0 Å². The maximum absolute atomic E-state index is 12.0. The zero-order valence-electron chi connectivity index (χ0n) is 18.5. The molecule has 2 amide bonds. The maximum Gasteiger partial charge on any atom is 0.308 e. The number of benzene rings is 2. The molecule has 2 aromatic rings. The number of hydrogen-bond donors (Lipinski definition) is 2. The van der Waals surface area contributed by atoms with Crippen molar-refractivity contribution in [1.29, 1.82) is 0 Å². The number of carbonyl (C=O) groups excluding carboxylic acids is 4. The second-order valence-electron chi connectivity index (χ2n) is 7.16. The van der Waals surface area contributed by atoms with Crippen molar-refractivity contribution >= 4 is 23.8 Å². The third-order valence-electron chi connectivity index (χ3n) is 4.41. The van der Waals surface area contributed by atoms with Crippen molar-refractivity contribution in [2.75, 3.05) is 0 Å². The molecule has 0 fully saturated rings. The molecule has 168 valence electrons. The van der Waals surface area contributed by atoms with Crippen molar-refractivity contribution in [3.63, 3.8) is 0 Å². The Morgan fingerprint density at radius 1 is 0.719 bits per heavy atom. The smallest absolute Gasteiger partial charge is 0.308 e. The van der Waals surface area contributed by atoms with Crippen molar-refractivity contribution in [3.8, 4) is 11.5 Å². The van der Waals surface area contributed by atoms with E-state index in [4.69, 9.17) is 9.47 Å². The fourth-order valence-corrected chi connectivity index (χ4v) is 2.70. The van der Waals surface area contributed by atoms with E-state index in [1.54, 1.807) is 6.07 Å². The second-order valence-corrected chi connectivity index (χ2v) is 7.16. The first-order chi connectivity index (χ1) is 15.1. The fraction of sp³-hybridized carbons (Fsp3) is 0.250. The molecular weight excluding hydrogens is 412 g/mol. The van der Waals surface area contributed by atoms with Crippen molar-refractivity contribution < 1.29 is 28.7 Å². The molecule has 0 heterocycles. The van der Waals surface area contributed by atoms with E-state index in [0.717, 1.165) is 23.3 Å². The summed E-state index contributed by atoms with van der Waals surface area (Å²) in [4.78, 5) is 46.4. The average molecular weight is 438 g/mol. The summed E-state index contributed by atoms with van der Waals surface area (Å²) in [5.41, 5.74) is 3.90. The molecule has 0 aliphatic heterocycles. The van der Waals surface area contributed by atoms with E-state index in [0.29, 0.717) is 12.1 Å². The monoisotopic (exact) mass is 438 g/mol. The van der Waals surface area contributed by atoms with Crippen molar-refractivity contribution in [1.82, 2.24) is 10.6 Å². The Hall–Kier alpha value is -3.94. The summed E-state index contributed by atoms with van der Waals surface area (Å²) in [6.07, 6.45) is 2.29. The van der Waals surface area contributed by atoms with Gasteiger partial charge in [-0.1, -0.05) is 24.3 Å². The molecule has 2 aromatic carbocycles. The Balaban J connectivity index is 1.88. The number of esters is 2. The van der Waals surface area contributed by atoms with Gasteiger partial charge in [0.15, 0.2) is 11.5 Å². The van der Waals surface area contributed by atoms with Crippen LogP contribution >= 0.6 is 0 Å². The molecule has 0 atom stereocenters. The van der Waals surface area contributed by atoms with Crippen LogP contribution in [-0.4, -0.2) is 23.8 Å². The topological polar surface area (TPSA) is 111 Å². The predicted molar refractivity (Wildman–Crippen MR) is 118 cm³/mol. The number of rotatable bonds is 8. The number of carbonyl (C=O) groups is 4. The Morgan fingerprint density at radius 2 is 1.22 bits per heavy atom. The molecule has 8 heteroatoms. The van der Waals surface area contributed by atoms with E-state index in [1.807, 2.05) is 32.0 Å². The third-order valence-corrected chi connectivity index (χ3v) is 4.41. The van der Waals surface area contributed by atoms with Crippen LogP contribution in [0.15, 0.2) is 48.6 Å². The number of amides is 2. The van der Waals surface area contributed by atoms with E-state index >= 15 is 0 Å². The van der Waals surface area contributed by atoms with Crippen LogP contribution < -0.4 is 20.1 Å². The fourth-order valence-electron chi connectivity index (χ4n) is 2.70. The summed E-state index contributed by atoms with van der Waals surface area (Å²) in [5, 5.41) is 5.36. The van der Waals surface area contributed by atoms with Gasteiger partial charge in [-0.2, -0.15) is 0 Å². The van der Waals surface area contributed by atoms with Gasteiger partial charge in [0.05, 0.1) is 0 Å². The van der Waals surface area contributed by atoms with Crippen molar-refractivity contribution in [2.24, 2.45) is 0 Å². The molecule has 0 bridgehead atoms. The molecule has 2 rings (SSSR count). The third kappa shape index (κ3) is 8.06. The number of ether oxygens (including phenoxy) is 2. The lowest BCUT2D eigenvalue weighted by Gasteiger charge is -2.11. The summed E-state index contributed by atoms with van der Waals surface area (Å²) < 4.78 is 10.1. The van der Waals surface area contributed by atoms with Crippen LogP contribution in [0, 0.1) is 13.8 Å². The highest BCUT2D eigenvalue weighted by molar-refractivity contribution is 5.96. The van der Waals surface area contributed by atoms with E-state index in [2.05, 4.69) is 10.6 Å². The van der Waals surface area contributed by atoms with Crippen LogP contribution in [0.25, 0.3) is 0 Å². The molecule has 2 N–H and O–H groups in total. The Kier molecular flexibility index (Phi) is 8.71. The highest BCUT2D eigenvalue weighted by Gasteiger charge is 2.11. The van der Waals surface area contributed by atoms with Crippen molar-refractivity contribution in [2.45, 2.75) is 40.8 Å². The normalized spacial score (nSPS) is 10.5. The van der Waals surface area contributed by atoms with Gasteiger partial charge in [-0.05, 0) is 48.2 Å². The SMILES string of the molecule is CC(=O)Oc1ccc(CNC(=O)/C=C\C(=O)NCc2ccc(C)c(C)c2)cc1OC(C)=O. The molecule has 0 saturated heterocycles. The molecule has 0 aliphatic rings. The van der Waals surface area contributed by atoms with Gasteiger partial charge < -0.3 is 20.1 Å². The molecule has 0 aliphatic carbocycles. The van der Waals surface area contributed by atoms with Gasteiger partial charge in [-0.3, -0.25) is 19.2 Å². The lowest BCUT2D eigenvalue weighted by molar-refractivity contribution is -0.134. The Labute approximate surface area is 186 Å². The Morgan fingerprint density at radius 3 is 1.75 bits per heavy atom. The zero-order valence-corrected chi connectivity index (χ0v) is 18.5. The molecule has 0 unspecified atom stereocenters. The number of hydrogen-bond acceptors (Lipinski definition) is 6. The second kappa shape index (κ2) is 11.5. The summed E-state index contributed by atoms with van der Waals surface area (Å²) in [7, 11) is 0. The average Bonchev–Trinajstić information content (AvgIpc) is 2.72. The largest absolute Gasteiger partial charge is 0.423 e. The molecule has 0 aromatic heterocycles. The highest BCUT2D eigenvalue weighted by Crippen LogP contribution is 2.28. The zero-order chi connectivity index (χ0) is 23.7. The minimum atomic E-state index is -0.575. The van der Waals surface area contributed by atoms with E-state index in [-0.39, 0.29) is 24.0 Å². The lowest BCUT2D eigenvalue weighted by Crippen LogP contribution is -2.23. The molecule has 0 saturated carbocycles. The number of nitrogens with one attached hydrogen (secondary N) is 2. The first-order valence-corrected chi connectivity index (χ1v) is 9.93. The maximum atomic E-state index is 12.0. The van der Waals surface area contributed by atoms with Crippen LogP contribution in [0.1, 0.15) is 36.1 Å².